The smallest absolute Gasteiger partial charge is 0.287 e. The average Bonchev–Trinajstić information content (AvgIpc) is 2.67. The van der Waals surface area contributed by atoms with Gasteiger partial charge in [-0.3, -0.25) is 4.90 Å². The minimum Gasteiger partial charge on any atom is -0.287 e. The van der Waals surface area contributed by atoms with Crippen molar-refractivity contribution in [1.82, 2.24) is 0 Å². The summed E-state index contributed by atoms with van der Waals surface area (Å²) in [4.78, 5) is 14.7. The summed E-state index contributed by atoms with van der Waals surface area (Å²) in [5.74, 6) is -0.511. The molecule has 3 aromatic carbocycles. The molecule has 2 amide bonds. The van der Waals surface area contributed by atoms with Crippen LogP contribution in [0.4, 0.5) is 20.6 Å². The number of carbonyl (C=O) groups excluding carboxylic acids is 1. The molecule has 7 heteroatoms. The van der Waals surface area contributed by atoms with E-state index in [9.17, 15) is 17.6 Å². The molecule has 0 N–H and O–H groups in total. The lowest BCUT2D eigenvalue weighted by Crippen LogP contribution is -2.50. The number of sulfonamides is 1. The van der Waals surface area contributed by atoms with E-state index in [4.69, 9.17) is 0 Å². The molecule has 1 heterocycles. The number of hydrogen-bond acceptors (Lipinski definition) is 3. The van der Waals surface area contributed by atoms with Crippen molar-refractivity contribution in [2.75, 3.05) is 9.21 Å². The molecule has 0 saturated carbocycles. The van der Waals surface area contributed by atoms with Crippen molar-refractivity contribution in [3.8, 4) is 0 Å². The van der Waals surface area contributed by atoms with Crippen LogP contribution in [-0.4, -0.2) is 14.4 Å². The summed E-state index contributed by atoms with van der Waals surface area (Å²) in [6.45, 7) is 2.16. The third kappa shape index (κ3) is 3.03. The highest BCUT2D eigenvalue weighted by atomic mass is 32.2. The number of benzene rings is 3. The van der Waals surface area contributed by atoms with Gasteiger partial charge in [0, 0.05) is 0 Å². The summed E-state index contributed by atoms with van der Waals surface area (Å²) in [7, 11) is -4.11. The van der Waals surface area contributed by atoms with E-state index < -0.39 is 21.9 Å². The van der Waals surface area contributed by atoms with E-state index in [1.54, 1.807) is 18.2 Å². The number of amides is 2. The van der Waals surface area contributed by atoms with Crippen molar-refractivity contribution in [2.24, 2.45) is 0 Å². The first-order valence-corrected chi connectivity index (χ1v) is 10.1. The Labute approximate surface area is 162 Å². The van der Waals surface area contributed by atoms with E-state index in [0.29, 0.717) is 5.69 Å². The fraction of sp³-hybridized carbons (Fsp3) is 0.0952. The zero-order valence-electron chi connectivity index (χ0n) is 15.0. The van der Waals surface area contributed by atoms with Crippen LogP contribution in [0.3, 0.4) is 0 Å². The summed E-state index contributed by atoms with van der Waals surface area (Å²) in [5.41, 5.74) is 2.34. The molecule has 0 fully saturated rings. The summed E-state index contributed by atoms with van der Waals surface area (Å²) in [5, 5.41) is 0. The molecule has 1 aliphatic heterocycles. The van der Waals surface area contributed by atoms with Crippen LogP contribution in [-0.2, 0) is 16.6 Å². The molecule has 0 radical (unpaired) electrons. The summed E-state index contributed by atoms with van der Waals surface area (Å²) < 4.78 is 40.3. The van der Waals surface area contributed by atoms with Crippen LogP contribution in [0.1, 0.15) is 11.1 Å². The SMILES string of the molecule is Cc1cccc(CN2C(=O)N(c3ccc(F)cc3)S(=O)(=O)c3ccccc32)c1. The topological polar surface area (TPSA) is 57.7 Å². The number of aryl methyl sites for hydroxylation is 1. The Balaban J connectivity index is 1.86. The minimum atomic E-state index is -4.11. The monoisotopic (exact) mass is 396 g/mol. The molecule has 0 bridgehead atoms. The van der Waals surface area contributed by atoms with Crippen molar-refractivity contribution in [1.29, 1.82) is 0 Å². The van der Waals surface area contributed by atoms with E-state index in [2.05, 4.69) is 0 Å². The van der Waals surface area contributed by atoms with Crippen LogP contribution in [0.15, 0.2) is 77.7 Å². The number of halogens is 1. The lowest BCUT2D eigenvalue weighted by molar-refractivity contribution is 0.253. The Morgan fingerprint density at radius 2 is 1.64 bits per heavy atom. The largest absolute Gasteiger partial charge is 0.343 e. The number of rotatable bonds is 3. The Bertz CT molecular complexity index is 1160. The molecule has 28 heavy (non-hydrogen) atoms. The molecular formula is C21H17FN2O3S. The Kier molecular flexibility index (Phi) is 4.39. The van der Waals surface area contributed by atoms with E-state index in [-0.39, 0.29) is 17.1 Å². The van der Waals surface area contributed by atoms with Gasteiger partial charge < -0.3 is 0 Å². The Hall–Kier alpha value is -3.19. The van der Waals surface area contributed by atoms with Gasteiger partial charge in [-0.05, 0) is 48.9 Å². The van der Waals surface area contributed by atoms with Crippen LogP contribution in [0, 0.1) is 12.7 Å². The van der Waals surface area contributed by atoms with Gasteiger partial charge in [-0.1, -0.05) is 42.0 Å². The second-order valence-electron chi connectivity index (χ2n) is 6.57. The number of fused-ring (bicyclic) bond motifs is 1. The molecule has 4 rings (SSSR count). The molecule has 0 saturated heterocycles. The molecular weight excluding hydrogens is 379 g/mol. The minimum absolute atomic E-state index is 0.0339. The van der Waals surface area contributed by atoms with Crippen molar-refractivity contribution in [3.05, 3.63) is 89.7 Å². The molecule has 0 aromatic heterocycles. The quantitative estimate of drug-likeness (QED) is 0.656. The summed E-state index contributed by atoms with van der Waals surface area (Å²) >= 11 is 0. The van der Waals surface area contributed by atoms with Gasteiger partial charge in [0.1, 0.15) is 10.7 Å². The van der Waals surface area contributed by atoms with Gasteiger partial charge in [-0.2, -0.15) is 4.31 Å². The molecule has 3 aromatic rings. The third-order valence-corrected chi connectivity index (χ3v) is 6.31. The van der Waals surface area contributed by atoms with E-state index in [0.717, 1.165) is 27.6 Å². The fourth-order valence-electron chi connectivity index (χ4n) is 3.28. The van der Waals surface area contributed by atoms with Crippen LogP contribution in [0.25, 0.3) is 0 Å². The first-order chi connectivity index (χ1) is 13.4. The number of anilines is 2. The lowest BCUT2D eigenvalue weighted by Gasteiger charge is -2.36. The average molecular weight is 396 g/mol. The third-order valence-electron chi connectivity index (χ3n) is 4.56. The molecule has 0 aliphatic carbocycles. The molecule has 0 atom stereocenters. The van der Waals surface area contributed by atoms with Gasteiger partial charge >= 0.3 is 6.03 Å². The van der Waals surface area contributed by atoms with E-state index in [1.165, 1.54) is 23.1 Å². The Morgan fingerprint density at radius 3 is 2.36 bits per heavy atom. The number of urea groups is 1. The molecule has 5 nitrogen and oxygen atoms in total. The van der Waals surface area contributed by atoms with Crippen molar-refractivity contribution in [2.45, 2.75) is 18.4 Å². The second kappa shape index (κ2) is 6.76. The highest BCUT2D eigenvalue weighted by Crippen LogP contribution is 2.37. The molecule has 142 valence electrons. The second-order valence-corrected chi connectivity index (χ2v) is 8.33. The molecule has 0 unspecified atom stereocenters. The maximum absolute atomic E-state index is 13.3. The van der Waals surface area contributed by atoms with Gasteiger partial charge in [0.05, 0.1) is 17.9 Å². The predicted octanol–water partition coefficient (Wildman–Crippen LogP) is 4.47. The number of para-hydroxylation sites is 1. The maximum Gasteiger partial charge on any atom is 0.343 e. The first kappa shape index (κ1) is 18.2. The van der Waals surface area contributed by atoms with Gasteiger partial charge in [0.15, 0.2) is 0 Å². The molecule has 0 spiro atoms. The van der Waals surface area contributed by atoms with Gasteiger partial charge in [0.25, 0.3) is 10.0 Å². The first-order valence-electron chi connectivity index (χ1n) is 8.65. The van der Waals surface area contributed by atoms with Crippen LogP contribution >= 0.6 is 0 Å². The van der Waals surface area contributed by atoms with E-state index in [1.807, 2.05) is 31.2 Å². The van der Waals surface area contributed by atoms with Gasteiger partial charge in [-0.15, -0.1) is 0 Å². The Morgan fingerprint density at radius 1 is 0.929 bits per heavy atom. The van der Waals surface area contributed by atoms with Crippen LogP contribution < -0.4 is 9.21 Å². The lowest BCUT2D eigenvalue weighted by atomic mass is 10.1. The summed E-state index contributed by atoms with van der Waals surface area (Å²) in [6.07, 6.45) is 0. The maximum atomic E-state index is 13.3. The van der Waals surface area contributed by atoms with E-state index >= 15 is 0 Å². The van der Waals surface area contributed by atoms with Crippen LogP contribution in [0.5, 0.6) is 0 Å². The van der Waals surface area contributed by atoms with Crippen LogP contribution in [0.2, 0.25) is 0 Å². The standard InChI is InChI=1S/C21H17FN2O3S/c1-15-5-4-6-16(13-15)14-23-19-7-2-3-8-20(19)28(26,27)24(21(23)25)18-11-9-17(22)10-12-18/h2-13H,14H2,1H3. The zero-order valence-corrected chi connectivity index (χ0v) is 15.9. The van der Waals surface area contributed by atoms with Crippen molar-refractivity contribution >= 4 is 27.4 Å². The predicted molar refractivity (Wildman–Crippen MR) is 105 cm³/mol. The highest BCUT2D eigenvalue weighted by Gasteiger charge is 2.42. The van der Waals surface area contributed by atoms with Crippen molar-refractivity contribution in [3.63, 3.8) is 0 Å². The molecule has 1 aliphatic rings. The fourth-order valence-corrected chi connectivity index (χ4v) is 4.88. The highest BCUT2D eigenvalue weighted by molar-refractivity contribution is 7.94. The normalized spacial score (nSPS) is 15.4. The van der Waals surface area contributed by atoms with Gasteiger partial charge in [-0.25, -0.2) is 17.6 Å². The number of hydrogen-bond donors (Lipinski definition) is 0. The van der Waals surface area contributed by atoms with Crippen molar-refractivity contribution < 1.29 is 17.6 Å². The summed E-state index contributed by atoms with van der Waals surface area (Å²) in [6, 6.07) is 18.2. The number of carbonyl (C=O) groups is 1. The van der Waals surface area contributed by atoms with Gasteiger partial charge in [0.2, 0.25) is 0 Å². The number of nitrogens with zero attached hydrogens (tertiary/aromatic N) is 2. The zero-order chi connectivity index (χ0) is 19.9.